The molecular weight excluding hydrogens is 290 g/mol. The molecule has 0 aromatic heterocycles. The number of carbonyl (C=O) groups is 1. The molecule has 2 aliphatic rings. The Balaban J connectivity index is 1.69. The lowest BCUT2D eigenvalue weighted by Crippen LogP contribution is -2.43. The molecule has 132 valence electrons. The van der Waals surface area contributed by atoms with Crippen molar-refractivity contribution in [1.82, 2.24) is 20.4 Å². The number of hydrogen-bond donors (Lipinski definition) is 2. The summed E-state index contributed by atoms with van der Waals surface area (Å²) < 4.78 is 0. The highest BCUT2D eigenvalue weighted by Gasteiger charge is 2.17. The molecule has 1 amide bonds. The van der Waals surface area contributed by atoms with Gasteiger partial charge < -0.3 is 20.4 Å². The molecule has 0 spiro atoms. The van der Waals surface area contributed by atoms with E-state index in [1.807, 2.05) is 11.8 Å². The Bertz CT molecular complexity index is 384. The van der Waals surface area contributed by atoms with Gasteiger partial charge in [0, 0.05) is 32.7 Å². The standard InChI is InChI=1S/C17H33N5O/c1-3-18-17(20-14-16(23)22-9-4-5-10-22)19-8-13-21-11-6-15(2)7-12-21/h15H,3-14H2,1-2H3,(H2,18,19,20). The van der Waals surface area contributed by atoms with Crippen molar-refractivity contribution in [2.24, 2.45) is 10.9 Å². The Morgan fingerprint density at radius 3 is 2.48 bits per heavy atom. The smallest absolute Gasteiger partial charge is 0.244 e. The number of amides is 1. The highest BCUT2D eigenvalue weighted by atomic mass is 16.2. The van der Waals surface area contributed by atoms with Crippen LogP contribution in [-0.4, -0.2) is 74.0 Å². The van der Waals surface area contributed by atoms with Crippen LogP contribution in [0, 0.1) is 5.92 Å². The van der Waals surface area contributed by atoms with Gasteiger partial charge in [0.15, 0.2) is 5.96 Å². The fraction of sp³-hybridized carbons (Fsp3) is 0.882. The zero-order valence-corrected chi connectivity index (χ0v) is 14.8. The van der Waals surface area contributed by atoms with Gasteiger partial charge >= 0.3 is 0 Å². The van der Waals surface area contributed by atoms with Crippen LogP contribution in [0.5, 0.6) is 0 Å². The van der Waals surface area contributed by atoms with E-state index in [2.05, 4.69) is 27.4 Å². The minimum atomic E-state index is 0.143. The summed E-state index contributed by atoms with van der Waals surface area (Å²) >= 11 is 0. The summed E-state index contributed by atoms with van der Waals surface area (Å²) in [6.45, 7) is 11.5. The minimum Gasteiger partial charge on any atom is -0.357 e. The second kappa shape index (κ2) is 9.75. The van der Waals surface area contributed by atoms with Gasteiger partial charge in [-0.2, -0.15) is 0 Å². The van der Waals surface area contributed by atoms with Crippen LogP contribution >= 0.6 is 0 Å². The van der Waals surface area contributed by atoms with Crippen LogP contribution in [-0.2, 0) is 4.79 Å². The first kappa shape index (κ1) is 18.0. The van der Waals surface area contributed by atoms with Crippen molar-refractivity contribution >= 4 is 11.9 Å². The van der Waals surface area contributed by atoms with Crippen LogP contribution in [0.3, 0.4) is 0 Å². The van der Waals surface area contributed by atoms with Crippen molar-refractivity contribution in [2.45, 2.75) is 39.5 Å². The monoisotopic (exact) mass is 323 g/mol. The van der Waals surface area contributed by atoms with E-state index in [1.54, 1.807) is 0 Å². The third kappa shape index (κ3) is 6.37. The van der Waals surface area contributed by atoms with E-state index in [0.717, 1.165) is 57.4 Å². The zero-order chi connectivity index (χ0) is 16.5. The first-order chi connectivity index (χ1) is 11.2. The number of carbonyl (C=O) groups excluding carboxylic acids is 1. The molecule has 2 aliphatic heterocycles. The second-order valence-electron chi connectivity index (χ2n) is 6.73. The summed E-state index contributed by atoms with van der Waals surface area (Å²) in [7, 11) is 0. The Kier molecular flexibility index (Phi) is 7.65. The van der Waals surface area contributed by atoms with Gasteiger partial charge in [0.25, 0.3) is 0 Å². The first-order valence-electron chi connectivity index (χ1n) is 9.21. The van der Waals surface area contributed by atoms with E-state index in [-0.39, 0.29) is 12.5 Å². The Hall–Kier alpha value is -1.30. The maximum atomic E-state index is 12.1. The largest absolute Gasteiger partial charge is 0.357 e. The SMILES string of the molecule is CCNC(=NCC(=O)N1CCCC1)NCCN1CCC(C)CC1. The summed E-state index contributed by atoms with van der Waals surface area (Å²) in [5, 5.41) is 6.57. The normalized spacial score (nSPS) is 20.8. The lowest BCUT2D eigenvalue weighted by molar-refractivity contribution is -0.128. The fourth-order valence-corrected chi connectivity index (χ4v) is 3.17. The summed E-state index contributed by atoms with van der Waals surface area (Å²) in [6.07, 6.45) is 4.86. The predicted octanol–water partition coefficient (Wildman–Crippen LogP) is 0.896. The maximum Gasteiger partial charge on any atom is 0.244 e. The van der Waals surface area contributed by atoms with Gasteiger partial charge in [0.05, 0.1) is 0 Å². The van der Waals surface area contributed by atoms with Crippen LogP contribution in [0.1, 0.15) is 39.5 Å². The highest BCUT2D eigenvalue weighted by molar-refractivity contribution is 5.85. The van der Waals surface area contributed by atoms with Gasteiger partial charge in [-0.1, -0.05) is 6.92 Å². The van der Waals surface area contributed by atoms with E-state index in [4.69, 9.17) is 0 Å². The third-order valence-corrected chi connectivity index (χ3v) is 4.77. The third-order valence-electron chi connectivity index (χ3n) is 4.77. The summed E-state index contributed by atoms with van der Waals surface area (Å²) in [5.41, 5.74) is 0. The first-order valence-corrected chi connectivity index (χ1v) is 9.21. The van der Waals surface area contributed by atoms with Crippen molar-refractivity contribution in [3.05, 3.63) is 0 Å². The molecule has 2 fully saturated rings. The zero-order valence-electron chi connectivity index (χ0n) is 14.8. The predicted molar refractivity (Wildman–Crippen MR) is 94.6 cm³/mol. The molecule has 0 unspecified atom stereocenters. The lowest BCUT2D eigenvalue weighted by Gasteiger charge is -2.30. The Morgan fingerprint density at radius 2 is 1.83 bits per heavy atom. The average molecular weight is 323 g/mol. The van der Waals surface area contributed by atoms with E-state index < -0.39 is 0 Å². The molecule has 6 nitrogen and oxygen atoms in total. The maximum absolute atomic E-state index is 12.1. The summed E-state index contributed by atoms with van der Waals surface area (Å²) in [5.74, 6) is 1.77. The summed E-state index contributed by atoms with van der Waals surface area (Å²) in [4.78, 5) is 20.9. The Labute approximate surface area is 140 Å². The molecule has 0 aromatic rings. The van der Waals surface area contributed by atoms with E-state index in [0.29, 0.717) is 0 Å². The van der Waals surface area contributed by atoms with Crippen molar-refractivity contribution in [1.29, 1.82) is 0 Å². The van der Waals surface area contributed by atoms with Crippen LogP contribution in [0.2, 0.25) is 0 Å². The summed E-state index contributed by atoms with van der Waals surface area (Å²) in [6, 6.07) is 0. The second-order valence-corrected chi connectivity index (χ2v) is 6.73. The van der Waals surface area contributed by atoms with E-state index in [1.165, 1.54) is 25.9 Å². The molecule has 2 saturated heterocycles. The fourth-order valence-electron chi connectivity index (χ4n) is 3.17. The van der Waals surface area contributed by atoms with Crippen molar-refractivity contribution in [3.8, 4) is 0 Å². The molecule has 2 rings (SSSR count). The average Bonchev–Trinajstić information content (AvgIpc) is 3.08. The van der Waals surface area contributed by atoms with Gasteiger partial charge in [-0.15, -0.1) is 0 Å². The number of rotatable bonds is 6. The van der Waals surface area contributed by atoms with Crippen molar-refractivity contribution in [2.75, 3.05) is 52.4 Å². The van der Waals surface area contributed by atoms with Crippen LogP contribution in [0.15, 0.2) is 4.99 Å². The van der Waals surface area contributed by atoms with Crippen LogP contribution in [0.25, 0.3) is 0 Å². The van der Waals surface area contributed by atoms with Crippen LogP contribution in [0.4, 0.5) is 0 Å². The number of nitrogens with zero attached hydrogens (tertiary/aromatic N) is 3. The molecule has 0 aromatic carbocycles. The van der Waals surface area contributed by atoms with Gasteiger partial charge in [0.2, 0.25) is 5.91 Å². The number of piperidine rings is 1. The number of guanidine groups is 1. The molecule has 6 heteroatoms. The number of hydrogen-bond acceptors (Lipinski definition) is 3. The quantitative estimate of drug-likeness (QED) is 0.563. The Morgan fingerprint density at radius 1 is 1.13 bits per heavy atom. The topological polar surface area (TPSA) is 60.0 Å². The van der Waals surface area contributed by atoms with E-state index in [9.17, 15) is 4.79 Å². The van der Waals surface area contributed by atoms with Crippen LogP contribution < -0.4 is 10.6 Å². The molecule has 2 N–H and O–H groups in total. The van der Waals surface area contributed by atoms with Crippen molar-refractivity contribution in [3.63, 3.8) is 0 Å². The lowest BCUT2D eigenvalue weighted by atomic mass is 9.99. The minimum absolute atomic E-state index is 0.143. The molecule has 0 radical (unpaired) electrons. The number of likely N-dealkylation sites (tertiary alicyclic amines) is 2. The molecular formula is C17H33N5O. The molecule has 2 heterocycles. The molecule has 0 saturated carbocycles. The van der Waals surface area contributed by atoms with Gasteiger partial charge in [-0.25, -0.2) is 4.99 Å². The highest BCUT2D eigenvalue weighted by Crippen LogP contribution is 2.15. The molecule has 0 bridgehead atoms. The van der Waals surface area contributed by atoms with Crippen molar-refractivity contribution < 1.29 is 4.79 Å². The molecule has 0 aliphatic carbocycles. The van der Waals surface area contributed by atoms with Gasteiger partial charge in [0.1, 0.15) is 6.54 Å². The van der Waals surface area contributed by atoms with E-state index >= 15 is 0 Å². The van der Waals surface area contributed by atoms with Gasteiger partial charge in [-0.05, 0) is 51.6 Å². The molecule has 0 atom stereocenters. The molecule has 23 heavy (non-hydrogen) atoms. The van der Waals surface area contributed by atoms with Gasteiger partial charge in [-0.3, -0.25) is 4.79 Å². The number of aliphatic imine (C=N–C) groups is 1. The number of nitrogens with one attached hydrogen (secondary N) is 2.